The number of amides is 1. The predicted octanol–water partition coefficient (Wildman–Crippen LogP) is 1.78. The molecule has 4 nitrogen and oxygen atoms in total. The van der Waals surface area contributed by atoms with E-state index in [9.17, 15) is 4.79 Å². The smallest absolute Gasteiger partial charge is 0.407 e. The maximum absolute atomic E-state index is 11.3. The second-order valence-electron chi connectivity index (χ2n) is 4.19. The van der Waals surface area contributed by atoms with Gasteiger partial charge in [0.2, 0.25) is 0 Å². The molecule has 15 heavy (non-hydrogen) atoms. The summed E-state index contributed by atoms with van der Waals surface area (Å²) in [6.07, 6.45) is 5.94. The van der Waals surface area contributed by atoms with Crippen LogP contribution >= 0.6 is 0 Å². The van der Waals surface area contributed by atoms with Crippen molar-refractivity contribution in [3.63, 3.8) is 0 Å². The van der Waals surface area contributed by atoms with Gasteiger partial charge >= 0.3 is 6.09 Å². The first-order chi connectivity index (χ1) is 7.24. The summed E-state index contributed by atoms with van der Waals surface area (Å²) in [6, 6.07) is 0.199. The van der Waals surface area contributed by atoms with Crippen LogP contribution in [-0.2, 0) is 4.74 Å². The van der Waals surface area contributed by atoms with Crippen molar-refractivity contribution in [3.8, 4) is 0 Å². The number of carbonyl (C=O) groups is 1. The Hall–Kier alpha value is -0.770. The van der Waals surface area contributed by atoms with E-state index in [-0.39, 0.29) is 18.2 Å². The van der Waals surface area contributed by atoms with E-state index < -0.39 is 0 Å². The van der Waals surface area contributed by atoms with E-state index in [0.717, 1.165) is 32.1 Å². The Morgan fingerprint density at radius 2 is 2.20 bits per heavy atom. The third-order valence-corrected chi connectivity index (χ3v) is 2.85. The minimum absolute atomic E-state index is 0.0949. The molecule has 1 aliphatic carbocycles. The Morgan fingerprint density at radius 3 is 2.87 bits per heavy atom. The van der Waals surface area contributed by atoms with Gasteiger partial charge in [0.15, 0.2) is 0 Å². The minimum Gasteiger partial charge on any atom is -0.450 e. The lowest BCUT2D eigenvalue weighted by atomic mass is 9.91. The number of hydrogen-bond donors (Lipinski definition) is 2. The number of carbonyl (C=O) groups excluding carboxylic acids is 1. The van der Waals surface area contributed by atoms with E-state index in [1.54, 1.807) is 0 Å². The summed E-state index contributed by atoms with van der Waals surface area (Å²) in [5.41, 5.74) is 5.91. The lowest BCUT2D eigenvalue weighted by Crippen LogP contribution is -2.49. The van der Waals surface area contributed by atoms with Crippen molar-refractivity contribution in [1.29, 1.82) is 0 Å². The molecule has 1 fully saturated rings. The molecule has 0 spiro atoms. The van der Waals surface area contributed by atoms with Gasteiger partial charge < -0.3 is 15.8 Å². The van der Waals surface area contributed by atoms with E-state index in [1.807, 2.05) is 0 Å². The topological polar surface area (TPSA) is 64.3 Å². The highest BCUT2D eigenvalue weighted by Gasteiger charge is 2.23. The van der Waals surface area contributed by atoms with Gasteiger partial charge in [-0.1, -0.05) is 26.2 Å². The van der Waals surface area contributed by atoms with E-state index in [0.29, 0.717) is 6.61 Å². The average Bonchev–Trinajstić information content (AvgIpc) is 2.22. The van der Waals surface area contributed by atoms with Crippen LogP contribution < -0.4 is 11.1 Å². The number of ether oxygens (including phenoxy) is 1. The van der Waals surface area contributed by atoms with Gasteiger partial charge in [0, 0.05) is 12.1 Å². The molecule has 0 aromatic heterocycles. The number of rotatable bonds is 4. The molecule has 0 aliphatic heterocycles. The maximum Gasteiger partial charge on any atom is 0.407 e. The van der Waals surface area contributed by atoms with Crippen LogP contribution in [0.25, 0.3) is 0 Å². The SMILES string of the molecule is CCCCOC(=O)NC1CCCCC1N. The largest absolute Gasteiger partial charge is 0.450 e. The standard InChI is InChI=1S/C11H22N2O2/c1-2-3-8-15-11(14)13-10-7-5-4-6-9(10)12/h9-10H,2-8,12H2,1H3,(H,13,14). The van der Waals surface area contributed by atoms with Crippen molar-refractivity contribution in [1.82, 2.24) is 5.32 Å². The van der Waals surface area contributed by atoms with Gasteiger partial charge in [0.1, 0.15) is 0 Å². The van der Waals surface area contributed by atoms with Crippen molar-refractivity contribution in [3.05, 3.63) is 0 Å². The van der Waals surface area contributed by atoms with Gasteiger partial charge in [-0.25, -0.2) is 4.79 Å². The second kappa shape index (κ2) is 6.67. The maximum atomic E-state index is 11.3. The molecular weight excluding hydrogens is 192 g/mol. The molecule has 0 saturated heterocycles. The number of alkyl carbamates (subject to hydrolysis) is 1. The average molecular weight is 214 g/mol. The van der Waals surface area contributed by atoms with E-state index >= 15 is 0 Å². The Balaban J connectivity index is 2.18. The van der Waals surface area contributed by atoms with Gasteiger partial charge in [-0.05, 0) is 19.3 Å². The molecule has 1 amide bonds. The molecule has 1 aliphatic rings. The van der Waals surface area contributed by atoms with Crippen molar-refractivity contribution in [2.45, 2.75) is 57.5 Å². The van der Waals surface area contributed by atoms with Crippen LogP contribution in [0.2, 0.25) is 0 Å². The fourth-order valence-corrected chi connectivity index (χ4v) is 1.84. The number of unbranched alkanes of at least 4 members (excludes halogenated alkanes) is 1. The molecule has 0 aromatic carbocycles. The monoisotopic (exact) mass is 214 g/mol. The first-order valence-corrected chi connectivity index (χ1v) is 5.93. The highest BCUT2D eigenvalue weighted by Crippen LogP contribution is 2.16. The normalized spacial score (nSPS) is 26.0. The van der Waals surface area contributed by atoms with Gasteiger partial charge in [-0.3, -0.25) is 0 Å². The molecule has 3 N–H and O–H groups in total. The molecule has 1 saturated carbocycles. The molecule has 0 bridgehead atoms. The summed E-state index contributed by atoms with van der Waals surface area (Å²) >= 11 is 0. The Labute approximate surface area is 91.5 Å². The lowest BCUT2D eigenvalue weighted by Gasteiger charge is -2.28. The first-order valence-electron chi connectivity index (χ1n) is 5.93. The van der Waals surface area contributed by atoms with Crippen molar-refractivity contribution in [2.75, 3.05) is 6.61 Å². The van der Waals surface area contributed by atoms with Gasteiger partial charge in [0.25, 0.3) is 0 Å². The van der Waals surface area contributed by atoms with E-state index in [4.69, 9.17) is 10.5 Å². The highest BCUT2D eigenvalue weighted by atomic mass is 16.5. The zero-order chi connectivity index (χ0) is 11.1. The van der Waals surface area contributed by atoms with Crippen molar-refractivity contribution >= 4 is 6.09 Å². The van der Waals surface area contributed by atoms with Crippen molar-refractivity contribution < 1.29 is 9.53 Å². The fourth-order valence-electron chi connectivity index (χ4n) is 1.84. The van der Waals surface area contributed by atoms with Crippen LogP contribution in [0.5, 0.6) is 0 Å². The van der Waals surface area contributed by atoms with Crippen LogP contribution in [0.3, 0.4) is 0 Å². The number of hydrogen-bond acceptors (Lipinski definition) is 3. The van der Waals surface area contributed by atoms with Crippen LogP contribution in [-0.4, -0.2) is 24.8 Å². The third-order valence-electron chi connectivity index (χ3n) is 2.85. The van der Waals surface area contributed by atoms with Crippen LogP contribution in [0.15, 0.2) is 0 Å². The molecule has 2 unspecified atom stereocenters. The summed E-state index contributed by atoms with van der Waals surface area (Å²) in [5, 5.41) is 2.84. The first kappa shape index (κ1) is 12.3. The minimum atomic E-state index is -0.314. The molecule has 0 aromatic rings. The van der Waals surface area contributed by atoms with Gasteiger partial charge in [-0.2, -0.15) is 0 Å². The van der Waals surface area contributed by atoms with Crippen LogP contribution in [0, 0.1) is 0 Å². The Kier molecular flexibility index (Phi) is 5.47. The molecule has 0 heterocycles. The van der Waals surface area contributed by atoms with E-state index in [1.165, 1.54) is 6.42 Å². The van der Waals surface area contributed by atoms with Crippen LogP contribution in [0.4, 0.5) is 4.79 Å². The molecule has 4 heteroatoms. The van der Waals surface area contributed by atoms with Crippen molar-refractivity contribution in [2.24, 2.45) is 5.73 Å². The third kappa shape index (κ3) is 4.51. The summed E-state index contributed by atoms with van der Waals surface area (Å²) in [4.78, 5) is 11.3. The molecule has 88 valence electrons. The number of nitrogens with two attached hydrogens (primary N) is 1. The van der Waals surface area contributed by atoms with Gasteiger partial charge in [-0.15, -0.1) is 0 Å². The summed E-state index contributed by atoms with van der Waals surface area (Å²) in [5.74, 6) is 0. The Morgan fingerprint density at radius 1 is 1.47 bits per heavy atom. The molecule has 0 radical (unpaired) electrons. The molecule has 1 rings (SSSR count). The molecule has 2 atom stereocenters. The fraction of sp³-hybridized carbons (Fsp3) is 0.909. The summed E-state index contributed by atoms with van der Waals surface area (Å²) in [6.45, 7) is 2.57. The lowest BCUT2D eigenvalue weighted by molar-refractivity contribution is 0.136. The summed E-state index contributed by atoms with van der Waals surface area (Å²) in [7, 11) is 0. The quantitative estimate of drug-likeness (QED) is 0.701. The Bertz CT molecular complexity index is 197. The van der Waals surface area contributed by atoms with Crippen LogP contribution in [0.1, 0.15) is 45.4 Å². The molecular formula is C11H22N2O2. The zero-order valence-corrected chi connectivity index (χ0v) is 9.50. The highest BCUT2D eigenvalue weighted by molar-refractivity contribution is 5.67. The second-order valence-corrected chi connectivity index (χ2v) is 4.19. The number of nitrogens with one attached hydrogen (secondary N) is 1. The zero-order valence-electron chi connectivity index (χ0n) is 9.50. The predicted molar refractivity (Wildman–Crippen MR) is 59.6 cm³/mol. The van der Waals surface area contributed by atoms with E-state index in [2.05, 4.69) is 12.2 Å². The van der Waals surface area contributed by atoms with Gasteiger partial charge in [0.05, 0.1) is 6.61 Å². The summed E-state index contributed by atoms with van der Waals surface area (Å²) < 4.78 is 5.03.